The van der Waals surface area contributed by atoms with Crippen LogP contribution in [0.15, 0.2) is 188 Å². The van der Waals surface area contributed by atoms with Crippen molar-refractivity contribution in [3.8, 4) is 55.8 Å². The van der Waals surface area contributed by atoms with Gasteiger partial charge in [-0.2, -0.15) is 0 Å². The van der Waals surface area contributed by atoms with Crippen LogP contribution in [0.3, 0.4) is 0 Å². The summed E-state index contributed by atoms with van der Waals surface area (Å²) in [5.74, 6) is 0. The van der Waals surface area contributed by atoms with E-state index < -0.39 is 0 Å². The second-order valence-corrected chi connectivity index (χ2v) is 14.4. The van der Waals surface area contributed by atoms with Gasteiger partial charge in [0.2, 0.25) is 0 Å². The van der Waals surface area contributed by atoms with E-state index >= 15 is 0 Å². The van der Waals surface area contributed by atoms with Crippen molar-refractivity contribution in [2.75, 3.05) is 0 Å². The molecule has 9 aromatic carbocycles. The molecule has 10 aromatic rings. The summed E-state index contributed by atoms with van der Waals surface area (Å²) in [4.78, 5) is 4.94. The molecule has 0 unspecified atom stereocenters. The number of rotatable bonds is 5. The van der Waals surface area contributed by atoms with Crippen molar-refractivity contribution < 1.29 is 0 Å². The Morgan fingerprint density at radius 1 is 0.315 bits per heavy atom. The van der Waals surface area contributed by atoms with Gasteiger partial charge in [0.15, 0.2) is 0 Å². The minimum Gasteiger partial charge on any atom is -0.256 e. The van der Waals surface area contributed by atoms with Crippen LogP contribution in [0.2, 0.25) is 0 Å². The van der Waals surface area contributed by atoms with Crippen LogP contribution in [-0.4, -0.2) is 4.98 Å². The van der Waals surface area contributed by atoms with Crippen LogP contribution in [0, 0.1) is 13.8 Å². The normalized spacial score (nSPS) is 11.5. The van der Waals surface area contributed by atoms with E-state index in [4.69, 9.17) is 4.98 Å². The lowest BCUT2D eigenvalue weighted by atomic mass is 9.83. The molecule has 0 N–H and O–H groups in total. The number of hydrogen-bond acceptors (Lipinski definition) is 1. The number of aryl methyl sites for hydroxylation is 2. The van der Waals surface area contributed by atoms with Crippen molar-refractivity contribution in [1.82, 2.24) is 4.98 Å². The maximum atomic E-state index is 4.94. The third-order valence-electron chi connectivity index (χ3n) is 11.2. The molecular formula is C53H37N. The minimum atomic E-state index is 0.975. The standard InChI is InChI=1S/C53H37N/c1-34-13-9-14-35(2)51(34)44-25-11-24-43-42(44)23-12-26-45(43)53-48-21-7-5-19-46(48)52(47-20-6-8-22-49(47)53)40-18-10-17-38(32-40)41-29-30-50(54-33-41)39-28-27-36-15-3-4-16-37(36)31-39/h3-33H,1-2H3. The topological polar surface area (TPSA) is 12.9 Å². The largest absolute Gasteiger partial charge is 0.256 e. The second kappa shape index (κ2) is 13.0. The molecule has 0 aliphatic rings. The van der Waals surface area contributed by atoms with Crippen molar-refractivity contribution in [2.24, 2.45) is 0 Å². The number of nitrogens with zero attached hydrogens (tertiary/aromatic N) is 1. The van der Waals surface area contributed by atoms with Crippen LogP contribution in [0.1, 0.15) is 11.1 Å². The van der Waals surface area contributed by atoms with Gasteiger partial charge in [-0.3, -0.25) is 4.98 Å². The van der Waals surface area contributed by atoms with Crippen LogP contribution in [0.25, 0.3) is 98.9 Å². The van der Waals surface area contributed by atoms with Crippen molar-refractivity contribution >= 4 is 43.1 Å². The fourth-order valence-electron chi connectivity index (χ4n) is 8.65. The summed E-state index contributed by atoms with van der Waals surface area (Å²) in [6.45, 7) is 4.44. The fraction of sp³-hybridized carbons (Fsp3) is 0.0377. The number of benzene rings is 9. The highest BCUT2D eigenvalue weighted by Gasteiger charge is 2.19. The zero-order valence-corrected chi connectivity index (χ0v) is 30.3. The van der Waals surface area contributed by atoms with E-state index in [0.717, 1.165) is 22.4 Å². The molecule has 0 radical (unpaired) electrons. The molecule has 0 spiro atoms. The number of aromatic nitrogens is 1. The Morgan fingerprint density at radius 3 is 1.48 bits per heavy atom. The second-order valence-electron chi connectivity index (χ2n) is 14.4. The lowest BCUT2D eigenvalue weighted by Crippen LogP contribution is -1.93. The zero-order valence-electron chi connectivity index (χ0n) is 30.3. The molecule has 0 fully saturated rings. The first-order valence-electron chi connectivity index (χ1n) is 18.7. The Morgan fingerprint density at radius 2 is 0.833 bits per heavy atom. The monoisotopic (exact) mass is 687 g/mol. The average Bonchev–Trinajstić information content (AvgIpc) is 3.22. The van der Waals surface area contributed by atoms with Crippen molar-refractivity contribution in [1.29, 1.82) is 0 Å². The molecule has 54 heavy (non-hydrogen) atoms. The minimum absolute atomic E-state index is 0.975. The molecule has 1 heteroatoms. The highest BCUT2D eigenvalue weighted by Crippen LogP contribution is 2.46. The Hall–Kier alpha value is -6.83. The molecule has 0 atom stereocenters. The molecular weight excluding hydrogens is 651 g/mol. The Labute approximate surface area is 315 Å². The van der Waals surface area contributed by atoms with E-state index in [1.165, 1.54) is 87.6 Å². The van der Waals surface area contributed by atoms with Crippen molar-refractivity contribution in [3.05, 3.63) is 199 Å². The first-order valence-corrected chi connectivity index (χ1v) is 18.7. The summed E-state index contributed by atoms with van der Waals surface area (Å²) in [5.41, 5.74) is 14.5. The summed E-state index contributed by atoms with van der Waals surface area (Å²) in [5, 5.41) is 10.0. The number of hydrogen-bond donors (Lipinski definition) is 0. The summed E-state index contributed by atoms with van der Waals surface area (Å²) >= 11 is 0. The Kier molecular flexibility index (Phi) is 7.66. The Balaban J connectivity index is 1.13. The predicted octanol–water partition coefficient (Wildman–Crippen LogP) is 14.6. The average molecular weight is 688 g/mol. The zero-order chi connectivity index (χ0) is 36.2. The molecule has 1 aromatic heterocycles. The van der Waals surface area contributed by atoms with E-state index in [0.29, 0.717) is 0 Å². The van der Waals surface area contributed by atoms with Gasteiger partial charge in [0.05, 0.1) is 5.69 Å². The summed E-state index contributed by atoms with van der Waals surface area (Å²) in [6.07, 6.45) is 2.01. The van der Waals surface area contributed by atoms with Gasteiger partial charge in [0.25, 0.3) is 0 Å². The lowest BCUT2D eigenvalue weighted by molar-refractivity contribution is 1.33. The van der Waals surface area contributed by atoms with E-state index in [1.54, 1.807) is 0 Å². The van der Waals surface area contributed by atoms with E-state index in [-0.39, 0.29) is 0 Å². The van der Waals surface area contributed by atoms with E-state index in [2.05, 4.69) is 196 Å². The van der Waals surface area contributed by atoms with Crippen LogP contribution in [-0.2, 0) is 0 Å². The molecule has 0 aliphatic carbocycles. The van der Waals surface area contributed by atoms with Gasteiger partial charge in [-0.15, -0.1) is 0 Å². The quantitative estimate of drug-likeness (QED) is 0.164. The maximum Gasteiger partial charge on any atom is 0.0702 e. The molecule has 10 rings (SSSR count). The van der Waals surface area contributed by atoms with Crippen molar-refractivity contribution in [3.63, 3.8) is 0 Å². The fourth-order valence-corrected chi connectivity index (χ4v) is 8.65. The molecule has 0 aliphatic heterocycles. The van der Waals surface area contributed by atoms with E-state index in [9.17, 15) is 0 Å². The van der Waals surface area contributed by atoms with E-state index in [1.807, 2.05) is 6.20 Å². The number of pyridine rings is 1. The van der Waals surface area contributed by atoms with Crippen molar-refractivity contribution in [2.45, 2.75) is 13.8 Å². The van der Waals surface area contributed by atoms with Crippen LogP contribution >= 0.6 is 0 Å². The summed E-state index contributed by atoms with van der Waals surface area (Å²) < 4.78 is 0. The van der Waals surface area contributed by atoms with Gasteiger partial charge in [0.1, 0.15) is 0 Å². The molecule has 0 saturated heterocycles. The van der Waals surface area contributed by atoms with Crippen LogP contribution < -0.4 is 0 Å². The smallest absolute Gasteiger partial charge is 0.0702 e. The van der Waals surface area contributed by atoms with Gasteiger partial charge in [-0.1, -0.05) is 164 Å². The molecule has 1 heterocycles. The first kappa shape index (κ1) is 31.9. The highest BCUT2D eigenvalue weighted by atomic mass is 14.7. The molecule has 254 valence electrons. The molecule has 0 amide bonds. The maximum absolute atomic E-state index is 4.94. The SMILES string of the molecule is Cc1cccc(C)c1-c1cccc2c(-c3c4ccccc4c(-c4cccc(-c5ccc(-c6ccc7ccccc7c6)nc5)c4)c4ccccc34)cccc12. The van der Waals surface area contributed by atoms with Gasteiger partial charge in [0, 0.05) is 17.3 Å². The molecule has 0 bridgehead atoms. The predicted molar refractivity (Wildman–Crippen MR) is 231 cm³/mol. The third-order valence-corrected chi connectivity index (χ3v) is 11.2. The van der Waals surface area contributed by atoms with Gasteiger partial charge >= 0.3 is 0 Å². The van der Waals surface area contributed by atoms with Gasteiger partial charge in [-0.25, -0.2) is 0 Å². The summed E-state index contributed by atoms with van der Waals surface area (Å²) in [6, 6.07) is 66.4. The van der Waals surface area contributed by atoms with Crippen LogP contribution in [0.4, 0.5) is 0 Å². The number of fused-ring (bicyclic) bond motifs is 4. The third kappa shape index (κ3) is 5.28. The highest BCUT2D eigenvalue weighted by molar-refractivity contribution is 6.24. The van der Waals surface area contributed by atoms with Gasteiger partial charge in [-0.05, 0) is 125 Å². The molecule has 0 saturated carbocycles. The van der Waals surface area contributed by atoms with Gasteiger partial charge < -0.3 is 0 Å². The Bertz CT molecular complexity index is 2980. The lowest BCUT2D eigenvalue weighted by Gasteiger charge is -2.20. The van der Waals surface area contributed by atoms with Crippen LogP contribution in [0.5, 0.6) is 0 Å². The summed E-state index contributed by atoms with van der Waals surface area (Å²) in [7, 11) is 0. The molecule has 1 nitrogen and oxygen atoms in total. The first-order chi connectivity index (χ1) is 26.6.